The van der Waals surface area contributed by atoms with Gasteiger partial charge in [0.25, 0.3) is 5.91 Å². The first-order valence-electron chi connectivity index (χ1n) is 8.93. The predicted molar refractivity (Wildman–Crippen MR) is 96.0 cm³/mol. The molecule has 0 aromatic heterocycles. The number of hydrogen-bond acceptors (Lipinski definition) is 3. The zero-order chi connectivity index (χ0) is 17.1. The van der Waals surface area contributed by atoms with Gasteiger partial charge in [0.2, 0.25) is 0 Å². The average Bonchev–Trinajstić information content (AvgIpc) is 2.93. The molecular weight excluding hydrogens is 300 g/mol. The maximum absolute atomic E-state index is 12.8. The summed E-state index contributed by atoms with van der Waals surface area (Å²) in [6.07, 6.45) is 7.26. The number of carbonyl (C=O) groups is 2. The number of benzene rings is 1. The van der Waals surface area contributed by atoms with Crippen LogP contribution >= 0.6 is 0 Å². The molecule has 0 saturated heterocycles. The van der Waals surface area contributed by atoms with Crippen molar-refractivity contribution in [1.29, 1.82) is 0 Å². The van der Waals surface area contributed by atoms with Crippen LogP contribution in [0.5, 0.6) is 0 Å². The van der Waals surface area contributed by atoms with Crippen LogP contribution in [0.2, 0.25) is 0 Å². The maximum atomic E-state index is 12.8. The first-order valence-corrected chi connectivity index (χ1v) is 8.93. The SMILES string of the molecule is CC1=C(Nc2cccc(C(=O)N(C)C3CCCCC3)c2)CCC1=O. The second kappa shape index (κ2) is 7.20. The van der Waals surface area contributed by atoms with Crippen LogP contribution in [0.15, 0.2) is 35.5 Å². The number of amides is 1. The Hall–Kier alpha value is -2.10. The van der Waals surface area contributed by atoms with E-state index in [2.05, 4.69) is 5.32 Å². The van der Waals surface area contributed by atoms with Crippen molar-refractivity contribution in [2.75, 3.05) is 12.4 Å². The van der Waals surface area contributed by atoms with E-state index in [0.29, 0.717) is 18.0 Å². The summed E-state index contributed by atoms with van der Waals surface area (Å²) < 4.78 is 0. The van der Waals surface area contributed by atoms with E-state index in [4.69, 9.17) is 0 Å². The van der Waals surface area contributed by atoms with Crippen LogP contribution in [0.1, 0.15) is 62.2 Å². The van der Waals surface area contributed by atoms with Gasteiger partial charge in [0.1, 0.15) is 0 Å². The average molecular weight is 326 g/mol. The molecule has 0 atom stereocenters. The van der Waals surface area contributed by atoms with E-state index in [9.17, 15) is 9.59 Å². The van der Waals surface area contributed by atoms with Crippen molar-refractivity contribution in [3.63, 3.8) is 0 Å². The van der Waals surface area contributed by atoms with Crippen LogP contribution in [0.25, 0.3) is 0 Å². The normalized spacial score (nSPS) is 18.8. The number of Topliss-reactive ketones (excluding diaryl/α,β-unsaturated/α-hetero) is 1. The Morgan fingerprint density at radius 2 is 1.92 bits per heavy atom. The van der Waals surface area contributed by atoms with Gasteiger partial charge in [-0.1, -0.05) is 25.3 Å². The van der Waals surface area contributed by atoms with Crippen molar-refractivity contribution in [2.45, 2.75) is 57.9 Å². The van der Waals surface area contributed by atoms with E-state index in [-0.39, 0.29) is 11.7 Å². The van der Waals surface area contributed by atoms with Gasteiger partial charge in [-0.15, -0.1) is 0 Å². The smallest absolute Gasteiger partial charge is 0.253 e. The standard InChI is InChI=1S/C20H26N2O2/c1-14-18(11-12-19(14)23)21-16-8-6-7-15(13-16)20(24)22(2)17-9-4-3-5-10-17/h6-8,13,17,21H,3-5,9-12H2,1-2H3. The van der Waals surface area contributed by atoms with Crippen molar-refractivity contribution in [1.82, 2.24) is 4.90 Å². The first kappa shape index (κ1) is 16.7. The predicted octanol–water partition coefficient (Wildman–Crippen LogP) is 4.14. The minimum Gasteiger partial charge on any atom is -0.359 e. The topological polar surface area (TPSA) is 49.4 Å². The molecule has 3 rings (SSSR count). The number of nitrogens with one attached hydrogen (secondary N) is 1. The lowest BCUT2D eigenvalue weighted by molar-refractivity contribution is -0.114. The summed E-state index contributed by atoms with van der Waals surface area (Å²) in [5.41, 5.74) is 3.37. The summed E-state index contributed by atoms with van der Waals surface area (Å²) in [6.45, 7) is 1.86. The van der Waals surface area contributed by atoms with Crippen LogP contribution in [-0.4, -0.2) is 29.7 Å². The molecule has 0 unspecified atom stereocenters. The molecule has 1 N–H and O–H groups in total. The fraction of sp³-hybridized carbons (Fsp3) is 0.500. The molecule has 128 valence electrons. The molecule has 1 amide bonds. The number of nitrogens with zero attached hydrogens (tertiary/aromatic N) is 1. The molecule has 0 bridgehead atoms. The third-order valence-corrected chi connectivity index (χ3v) is 5.32. The highest BCUT2D eigenvalue weighted by Gasteiger charge is 2.23. The van der Waals surface area contributed by atoms with Gasteiger partial charge in [-0.05, 0) is 44.4 Å². The largest absolute Gasteiger partial charge is 0.359 e. The minimum atomic E-state index is 0.0822. The summed E-state index contributed by atoms with van der Waals surface area (Å²) in [7, 11) is 1.92. The van der Waals surface area contributed by atoms with Crippen molar-refractivity contribution in [3.05, 3.63) is 41.1 Å². The van der Waals surface area contributed by atoms with Crippen LogP contribution in [-0.2, 0) is 4.79 Å². The highest BCUT2D eigenvalue weighted by atomic mass is 16.2. The number of ketones is 1. The second-order valence-corrected chi connectivity index (χ2v) is 6.94. The van der Waals surface area contributed by atoms with E-state index in [1.807, 2.05) is 43.1 Å². The summed E-state index contributed by atoms with van der Waals surface area (Å²) in [6, 6.07) is 7.97. The summed E-state index contributed by atoms with van der Waals surface area (Å²) in [5.74, 6) is 0.292. The molecule has 4 nitrogen and oxygen atoms in total. The summed E-state index contributed by atoms with van der Waals surface area (Å²) in [4.78, 5) is 26.3. The van der Waals surface area contributed by atoms with E-state index >= 15 is 0 Å². The molecule has 1 aromatic rings. The monoisotopic (exact) mass is 326 g/mol. The Bertz CT molecular complexity index is 672. The molecule has 1 fully saturated rings. The molecule has 24 heavy (non-hydrogen) atoms. The van der Waals surface area contributed by atoms with Gasteiger partial charge in [0, 0.05) is 42.0 Å². The molecule has 1 saturated carbocycles. The molecule has 0 heterocycles. The Morgan fingerprint density at radius 3 is 2.58 bits per heavy atom. The van der Waals surface area contributed by atoms with Gasteiger partial charge >= 0.3 is 0 Å². The Balaban J connectivity index is 1.72. The maximum Gasteiger partial charge on any atom is 0.253 e. The van der Waals surface area contributed by atoms with Gasteiger partial charge in [-0.3, -0.25) is 9.59 Å². The summed E-state index contributed by atoms with van der Waals surface area (Å²) >= 11 is 0. The number of rotatable bonds is 4. The van der Waals surface area contributed by atoms with Gasteiger partial charge in [-0.25, -0.2) is 0 Å². The molecule has 0 radical (unpaired) electrons. The fourth-order valence-corrected chi connectivity index (χ4v) is 3.68. The van der Waals surface area contributed by atoms with Gasteiger partial charge in [0.15, 0.2) is 5.78 Å². The van der Waals surface area contributed by atoms with E-state index in [0.717, 1.165) is 36.2 Å². The lowest BCUT2D eigenvalue weighted by Crippen LogP contribution is -2.38. The third kappa shape index (κ3) is 3.53. The Labute approximate surface area is 143 Å². The third-order valence-electron chi connectivity index (χ3n) is 5.32. The molecule has 4 heteroatoms. The van der Waals surface area contributed by atoms with Crippen molar-refractivity contribution < 1.29 is 9.59 Å². The zero-order valence-corrected chi connectivity index (χ0v) is 14.6. The first-order chi connectivity index (χ1) is 11.6. The molecule has 0 spiro atoms. The number of allylic oxidation sites excluding steroid dienone is 2. The highest BCUT2D eigenvalue weighted by molar-refractivity contribution is 5.99. The number of hydrogen-bond donors (Lipinski definition) is 1. The number of carbonyl (C=O) groups excluding carboxylic acids is 2. The molecule has 2 aliphatic rings. The molecule has 0 aliphatic heterocycles. The van der Waals surface area contributed by atoms with E-state index in [1.165, 1.54) is 19.3 Å². The Kier molecular flexibility index (Phi) is 5.03. The quantitative estimate of drug-likeness (QED) is 0.904. The van der Waals surface area contributed by atoms with Gasteiger partial charge in [0.05, 0.1) is 0 Å². The van der Waals surface area contributed by atoms with Crippen LogP contribution < -0.4 is 5.32 Å². The minimum absolute atomic E-state index is 0.0822. The summed E-state index contributed by atoms with van der Waals surface area (Å²) in [5, 5.41) is 3.32. The van der Waals surface area contributed by atoms with Gasteiger partial charge in [-0.2, -0.15) is 0 Å². The van der Waals surface area contributed by atoms with Crippen molar-refractivity contribution >= 4 is 17.4 Å². The molecule has 2 aliphatic carbocycles. The van der Waals surface area contributed by atoms with Crippen molar-refractivity contribution in [2.24, 2.45) is 0 Å². The fourth-order valence-electron chi connectivity index (χ4n) is 3.68. The van der Waals surface area contributed by atoms with Crippen LogP contribution in [0.3, 0.4) is 0 Å². The van der Waals surface area contributed by atoms with E-state index in [1.54, 1.807) is 0 Å². The van der Waals surface area contributed by atoms with Crippen LogP contribution in [0.4, 0.5) is 5.69 Å². The molecule has 1 aromatic carbocycles. The molecular formula is C20H26N2O2. The Morgan fingerprint density at radius 1 is 1.17 bits per heavy atom. The van der Waals surface area contributed by atoms with Crippen LogP contribution in [0, 0.1) is 0 Å². The highest BCUT2D eigenvalue weighted by Crippen LogP contribution is 2.26. The van der Waals surface area contributed by atoms with Gasteiger partial charge < -0.3 is 10.2 Å². The second-order valence-electron chi connectivity index (χ2n) is 6.94. The zero-order valence-electron chi connectivity index (χ0n) is 14.6. The lowest BCUT2D eigenvalue weighted by atomic mass is 9.94. The van der Waals surface area contributed by atoms with Crippen molar-refractivity contribution in [3.8, 4) is 0 Å². The lowest BCUT2D eigenvalue weighted by Gasteiger charge is -2.31. The van der Waals surface area contributed by atoms with E-state index < -0.39 is 0 Å². The number of anilines is 1.